The number of hydrogen-bond acceptors (Lipinski definition) is 5. The van der Waals surface area contributed by atoms with Crippen molar-refractivity contribution in [2.24, 2.45) is 5.92 Å². The summed E-state index contributed by atoms with van der Waals surface area (Å²) < 4.78 is 7.57. The predicted molar refractivity (Wildman–Crippen MR) is 106 cm³/mol. The molecule has 0 amide bonds. The fourth-order valence-electron chi connectivity index (χ4n) is 2.63. The summed E-state index contributed by atoms with van der Waals surface area (Å²) in [5.41, 5.74) is 0.755. The van der Waals surface area contributed by atoms with Gasteiger partial charge in [0, 0.05) is 12.5 Å². The largest absolute Gasteiger partial charge is 0.445 e. The molecule has 0 atom stereocenters. The van der Waals surface area contributed by atoms with E-state index >= 15 is 0 Å². The van der Waals surface area contributed by atoms with E-state index < -0.39 is 0 Å². The Labute approximate surface area is 157 Å². The molecule has 2 heterocycles. The zero-order chi connectivity index (χ0) is 18.7. The normalized spacial score (nSPS) is 11.8. The van der Waals surface area contributed by atoms with E-state index in [1.54, 1.807) is 10.8 Å². The van der Waals surface area contributed by atoms with Crippen LogP contribution in [0.5, 0.6) is 0 Å². The Morgan fingerprint density at radius 2 is 1.96 bits per heavy atom. The molecule has 0 N–H and O–H groups in total. The second-order valence-electron chi connectivity index (χ2n) is 7.15. The Balaban J connectivity index is 1.91. The van der Waals surface area contributed by atoms with Gasteiger partial charge in [-0.25, -0.2) is 9.97 Å². The molecule has 0 saturated carbocycles. The van der Waals surface area contributed by atoms with Crippen LogP contribution in [-0.2, 0) is 12.3 Å². The zero-order valence-corrected chi connectivity index (χ0v) is 16.5. The molecule has 2 aromatic heterocycles. The van der Waals surface area contributed by atoms with E-state index in [4.69, 9.17) is 9.40 Å². The molecule has 0 unspecified atom stereocenters. The molecule has 0 bridgehead atoms. The summed E-state index contributed by atoms with van der Waals surface area (Å²) in [5.74, 6) is 2.93. The zero-order valence-electron chi connectivity index (χ0n) is 15.7. The molecule has 5 nitrogen and oxygen atoms in total. The van der Waals surface area contributed by atoms with Gasteiger partial charge in [-0.3, -0.25) is 9.36 Å². The molecule has 0 aliphatic heterocycles. The van der Waals surface area contributed by atoms with Gasteiger partial charge in [0.25, 0.3) is 5.56 Å². The average Bonchev–Trinajstić information content (AvgIpc) is 3.08. The molecule has 0 saturated heterocycles. The summed E-state index contributed by atoms with van der Waals surface area (Å²) >= 11 is 1.50. The summed E-state index contributed by atoms with van der Waals surface area (Å²) in [5, 5.41) is 1.39. The highest BCUT2D eigenvalue weighted by Gasteiger charge is 2.14. The van der Waals surface area contributed by atoms with Crippen LogP contribution in [0.3, 0.4) is 0 Å². The number of hydrogen-bond donors (Lipinski definition) is 0. The fraction of sp³-hybridized carbons (Fsp3) is 0.450. The molecule has 1 aromatic carbocycles. The Bertz CT molecular complexity index is 944. The van der Waals surface area contributed by atoms with Gasteiger partial charge in [-0.1, -0.05) is 51.6 Å². The van der Waals surface area contributed by atoms with Gasteiger partial charge in [0.05, 0.1) is 22.9 Å². The van der Waals surface area contributed by atoms with Crippen molar-refractivity contribution >= 4 is 22.7 Å². The maximum absolute atomic E-state index is 12.9. The first-order valence-electron chi connectivity index (χ1n) is 9.02. The molecule has 0 fully saturated rings. The van der Waals surface area contributed by atoms with Crippen LogP contribution in [0.2, 0.25) is 0 Å². The molecule has 0 aliphatic carbocycles. The number of nitrogens with zero attached hydrogens (tertiary/aromatic N) is 3. The van der Waals surface area contributed by atoms with Crippen molar-refractivity contribution in [3.05, 3.63) is 52.5 Å². The lowest BCUT2D eigenvalue weighted by Crippen LogP contribution is -2.24. The van der Waals surface area contributed by atoms with E-state index in [2.05, 4.69) is 32.7 Å². The van der Waals surface area contributed by atoms with Gasteiger partial charge in [0.1, 0.15) is 5.76 Å². The lowest BCUT2D eigenvalue weighted by atomic mass is 10.1. The minimum atomic E-state index is 0.0222. The van der Waals surface area contributed by atoms with E-state index in [-0.39, 0.29) is 5.56 Å². The summed E-state index contributed by atoms with van der Waals surface area (Å²) in [6.45, 7) is 9.14. The van der Waals surface area contributed by atoms with Crippen molar-refractivity contribution < 1.29 is 4.42 Å². The molecule has 26 heavy (non-hydrogen) atoms. The Hall–Kier alpha value is -2.08. The highest BCUT2D eigenvalue weighted by Crippen LogP contribution is 2.24. The van der Waals surface area contributed by atoms with Crippen LogP contribution in [0.15, 0.2) is 44.8 Å². The molecule has 3 rings (SSSR count). The van der Waals surface area contributed by atoms with Crippen LogP contribution in [0.25, 0.3) is 10.9 Å². The number of benzene rings is 1. The summed E-state index contributed by atoms with van der Waals surface area (Å²) in [7, 11) is 0. The summed E-state index contributed by atoms with van der Waals surface area (Å²) in [4.78, 5) is 22.0. The third kappa shape index (κ3) is 4.18. The number of oxazole rings is 1. The summed E-state index contributed by atoms with van der Waals surface area (Å²) in [6, 6.07) is 7.51. The lowest BCUT2D eigenvalue weighted by molar-refractivity contribution is 0.453. The van der Waals surface area contributed by atoms with Crippen LogP contribution in [-0.4, -0.2) is 14.5 Å². The van der Waals surface area contributed by atoms with E-state index in [0.717, 1.165) is 22.9 Å². The maximum atomic E-state index is 12.9. The standard InChI is InChI=1S/C20H25N3O2S/c1-13(2)9-10-23-19(24)15-7-5-6-8-16(15)22-20(23)26-12-18-21-11-17(25-18)14(3)4/h5-8,11,13-14H,9-10,12H2,1-4H3. The maximum Gasteiger partial charge on any atom is 0.262 e. The van der Waals surface area contributed by atoms with Crippen molar-refractivity contribution in [3.63, 3.8) is 0 Å². The van der Waals surface area contributed by atoms with Crippen LogP contribution in [0, 0.1) is 5.92 Å². The number of fused-ring (bicyclic) bond motifs is 1. The molecule has 138 valence electrons. The molecule has 0 aliphatic rings. The second kappa shape index (κ2) is 8.08. The Kier molecular flexibility index (Phi) is 5.81. The lowest BCUT2D eigenvalue weighted by Gasteiger charge is -2.13. The van der Waals surface area contributed by atoms with Crippen LogP contribution < -0.4 is 5.56 Å². The molecule has 6 heteroatoms. The number of thioether (sulfide) groups is 1. The first-order chi connectivity index (χ1) is 12.5. The van der Waals surface area contributed by atoms with Gasteiger partial charge in [0.2, 0.25) is 5.89 Å². The van der Waals surface area contributed by atoms with Crippen molar-refractivity contribution in [1.29, 1.82) is 0 Å². The molecular weight excluding hydrogens is 346 g/mol. The molecular formula is C20H25N3O2S. The second-order valence-corrected chi connectivity index (χ2v) is 8.09. The quantitative estimate of drug-likeness (QED) is 0.439. The van der Waals surface area contributed by atoms with Crippen LogP contribution >= 0.6 is 11.8 Å². The van der Waals surface area contributed by atoms with Crippen LogP contribution in [0.1, 0.15) is 51.7 Å². The molecule has 0 radical (unpaired) electrons. The highest BCUT2D eigenvalue weighted by atomic mass is 32.2. The van der Waals surface area contributed by atoms with E-state index in [1.165, 1.54) is 11.8 Å². The van der Waals surface area contributed by atoms with E-state index in [9.17, 15) is 4.79 Å². The van der Waals surface area contributed by atoms with Crippen LogP contribution in [0.4, 0.5) is 0 Å². The monoisotopic (exact) mass is 371 g/mol. The Morgan fingerprint density at radius 1 is 1.19 bits per heavy atom. The fourth-order valence-corrected chi connectivity index (χ4v) is 3.51. The van der Waals surface area contributed by atoms with Crippen molar-refractivity contribution in [2.75, 3.05) is 0 Å². The van der Waals surface area contributed by atoms with Crippen molar-refractivity contribution in [2.45, 2.75) is 57.5 Å². The number of para-hydroxylation sites is 1. The summed E-state index contributed by atoms with van der Waals surface area (Å²) in [6.07, 6.45) is 2.71. The minimum absolute atomic E-state index is 0.0222. The first kappa shape index (κ1) is 18.7. The SMILES string of the molecule is CC(C)CCn1c(SCc2ncc(C(C)C)o2)nc2ccccc2c1=O. The van der Waals surface area contributed by atoms with Gasteiger partial charge in [-0.2, -0.15) is 0 Å². The van der Waals surface area contributed by atoms with Gasteiger partial charge >= 0.3 is 0 Å². The van der Waals surface area contributed by atoms with E-state index in [0.29, 0.717) is 35.4 Å². The highest BCUT2D eigenvalue weighted by molar-refractivity contribution is 7.98. The number of rotatable bonds is 7. The van der Waals surface area contributed by atoms with Crippen molar-refractivity contribution in [1.82, 2.24) is 14.5 Å². The first-order valence-corrected chi connectivity index (χ1v) is 10.0. The average molecular weight is 372 g/mol. The van der Waals surface area contributed by atoms with Gasteiger partial charge < -0.3 is 4.42 Å². The van der Waals surface area contributed by atoms with Gasteiger partial charge in [-0.05, 0) is 24.5 Å². The van der Waals surface area contributed by atoms with E-state index in [1.807, 2.05) is 24.3 Å². The molecule has 0 spiro atoms. The predicted octanol–water partition coefficient (Wildman–Crippen LogP) is 4.85. The van der Waals surface area contributed by atoms with Gasteiger partial charge in [-0.15, -0.1) is 0 Å². The van der Waals surface area contributed by atoms with Crippen molar-refractivity contribution in [3.8, 4) is 0 Å². The third-order valence-electron chi connectivity index (χ3n) is 4.22. The number of aromatic nitrogens is 3. The molecule has 3 aromatic rings. The van der Waals surface area contributed by atoms with Gasteiger partial charge in [0.15, 0.2) is 5.16 Å². The minimum Gasteiger partial charge on any atom is -0.445 e. The smallest absolute Gasteiger partial charge is 0.262 e. The third-order valence-corrected chi connectivity index (χ3v) is 5.18. The Morgan fingerprint density at radius 3 is 2.65 bits per heavy atom. The topological polar surface area (TPSA) is 60.9 Å².